The van der Waals surface area contributed by atoms with Gasteiger partial charge in [-0.25, -0.2) is 0 Å². The average Bonchev–Trinajstić information content (AvgIpc) is 2.42. The first-order chi connectivity index (χ1) is 9.00. The molecule has 4 nitrogen and oxygen atoms in total. The Morgan fingerprint density at radius 3 is 2.37 bits per heavy atom. The third-order valence-corrected chi connectivity index (χ3v) is 2.79. The molecule has 0 aliphatic carbocycles. The fourth-order valence-corrected chi connectivity index (χ4v) is 1.39. The van der Waals surface area contributed by atoms with Gasteiger partial charge in [-0.3, -0.25) is 9.59 Å². The van der Waals surface area contributed by atoms with Crippen LogP contribution < -0.4 is 5.32 Å². The summed E-state index contributed by atoms with van der Waals surface area (Å²) < 4.78 is 5.46. The molecule has 4 heteroatoms. The lowest BCUT2D eigenvalue weighted by molar-refractivity contribution is -0.134. The largest absolute Gasteiger partial charge is 0.364 e. The van der Waals surface area contributed by atoms with Crippen LogP contribution in [0.2, 0.25) is 0 Å². The van der Waals surface area contributed by atoms with E-state index in [0.29, 0.717) is 6.61 Å². The third kappa shape index (κ3) is 5.66. The predicted molar refractivity (Wildman–Crippen MR) is 73.5 cm³/mol. The lowest BCUT2D eigenvalue weighted by atomic mass is 10.1. The normalized spacial score (nSPS) is 12.2. The van der Waals surface area contributed by atoms with Gasteiger partial charge >= 0.3 is 0 Å². The second-order valence-corrected chi connectivity index (χ2v) is 4.78. The van der Waals surface area contributed by atoms with Gasteiger partial charge in [-0.2, -0.15) is 0 Å². The van der Waals surface area contributed by atoms with E-state index in [0.717, 1.165) is 5.56 Å². The van der Waals surface area contributed by atoms with Gasteiger partial charge in [-0.05, 0) is 12.5 Å². The SMILES string of the molecule is CC(C)C(=O)CNC(=O)C(C)OCc1ccccc1. The molecule has 104 valence electrons. The number of hydrogen-bond donors (Lipinski definition) is 1. The van der Waals surface area contributed by atoms with Crippen LogP contribution in [0.15, 0.2) is 30.3 Å². The molecular formula is C15H21NO3. The zero-order chi connectivity index (χ0) is 14.3. The van der Waals surface area contributed by atoms with E-state index in [-0.39, 0.29) is 24.2 Å². The molecule has 0 fully saturated rings. The quantitative estimate of drug-likeness (QED) is 0.818. The van der Waals surface area contributed by atoms with Crippen molar-refractivity contribution in [2.75, 3.05) is 6.54 Å². The summed E-state index contributed by atoms with van der Waals surface area (Å²) >= 11 is 0. The van der Waals surface area contributed by atoms with E-state index in [9.17, 15) is 9.59 Å². The highest BCUT2D eigenvalue weighted by Crippen LogP contribution is 2.03. The molecule has 19 heavy (non-hydrogen) atoms. The molecule has 0 aliphatic heterocycles. The van der Waals surface area contributed by atoms with Crippen LogP contribution in [0.1, 0.15) is 26.3 Å². The van der Waals surface area contributed by atoms with Crippen molar-refractivity contribution in [3.63, 3.8) is 0 Å². The van der Waals surface area contributed by atoms with E-state index < -0.39 is 6.10 Å². The minimum Gasteiger partial charge on any atom is -0.364 e. The molecule has 1 unspecified atom stereocenters. The summed E-state index contributed by atoms with van der Waals surface area (Å²) in [4.78, 5) is 23.1. The maximum absolute atomic E-state index is 11.7. The molecule has 1 aromatic carbocycles. The van der Waals surface area contributed by atoms with Crippen molar-refractivity contribution in [1.82, 2.24) is 5.32 Å². The summed E-state index contributed by atoms with van der Waals surface area (Å²) in [5, 5.41) is 2.59. The van der Waals surface area contributed by atoms with Gasteiger partial charge in [0.1, 0.15) is 6.10 Å². The number of ketones is 1. The molecule has 1 N–H and O–H groups in total. The van der Waals surface area contributed by atoms with Crippen LogP contribution in [0, 0.1) is 5.92 Å². The molecule has 0 spiro atoms. The van der Waals surface area contributed by atoms with Crippen LogP contribution in [0.25, 0.3) is 0 Å². The lowest BCUT2D eigenvalue weighted by Gasteiger charge is -2.13. The number of hydrogen-bond acceptors (Lipinski definition) is 3. The Hall–Kier alpha value is -1.68. The summed E-state index contributed by atoms with van der Waals surface area (Å²) in [6.07, 6.45) is -0.569. The molecule has 0 aliphatic rings. The van der Waals surface area contributed by atoms with Gasteiger partial charge in [-0.15, -0.1) is 0 Å². The Balaban J connectivity index is 2.31. The van der Waals surface area contributed by atoms with Gasteiger partial charge in [0.2, 0.25) is 5.91 Å². The fourth-order valence-electron chi connectivity index (χ4n) is 1.39. The number of ether oxygens (including phenoxy) is 1. The average molecular weight is 263 g/mol. The van der Waals surface area contributed by atoms with Crippen LogP contribution in [0.5, 0.6) is 0 Å². The lowest BCUT2D eigenvalue weighted by Crippen LogP contribution is -2.38. The van der Waals surface area contributed by atoms with Crippen molar-refractivity contribution in [3.05, 3.63) is 35.9 Å². The van der Waals surface area contributed by atoms with Crippen LogP contribution in [-0.4, -0.2) is 24.3 Å². The Kier molecular flexibility index (Phi) is 6.22. The van der Waals surface area contributed by atoms with E-state index in [4.69, 9.17) is 4.74 Å². The summed E-state index contributed by atoms with van der Waals surface area (Å²) in [5.74, 6) is -0.311. The van der Waals surface area contributed by atoms with Gasteiger partial charge in [0.05, 0.1) is 13.2 Å². The van der Waals surface area contributed by atoms with Gasteiger partial charge in [-0.1, -0.05) is 44.2 Å². The molecule has 0 saturated heterocycles. The Bertz CT molecular complexity index is 415. The first-order valence-electron chi connectivity index (χ1n) is 6.46. The molecule has 1 amide bonds. The number of benzene rings is 1. The maximum Gasteiger partial charge on any atom is 0.249 e. The Morgan fingerprint density at radius 2 is 1.79 bits per heavy atom. The fraction of sp³-hybridized carbons (Fsp3) is 0.467. The van der Waals surface area contributed by atoms with Crippen LogP contribution in [-0.2, 0) is 20.9 Å². The summed E-state index contributed by atoms with van der Waals surface area (Å²) in [7, 11) is 0. The smallest absolute Gasteiger partial charge is 0.249 e. The second kappa shape index (κ2) is 7.69. The maximum atomic E-state index is 11.7. The van der Waals surface area contributed by atoms with E-state index in [2.05, 4.69) is 5.32 Å². The zero-order valence-electron chi connectivity index (χ0n) is 11.7. The minimum atomic E-state index is -0.569. The van der Waals surface area contributed by atoms with Crippen molar-refractivity contribution in [3.8, 4) is 0 Å². The van der Waals surface area contributed by atoms with Gasteiger partial charge < -0.3 is 10.1 Å². The number of amides is 1. The van der Waals surface area contributed by atoms with Crippen LogP contribution in [0.3, 0.4) is 0 Å². The van der Waals surface area contributed by atoms with E-state index in [1.54, 1.807) is 6.92 Å². The molecular weight excluding hydrogens is 242 g/mol. The molecule has 0 bridgehead atoms. The molecule has 1 rings (SSSR count). The summed E-state index contributed by atoms with van der Waals surface area (Å²) in [6.45, 7) is 5.74. The highest BCUT2D eigenvalue weighted by atomic mass is 16.5. The second-order valence-electron chi connectivity index (χ2n) is 4.78. The van der Waals surface area contributed by atoms with E-state index >= 15 is 0 Å². The van der Waals surface area contributed by atoms with Gasteiger partial charge in [0.25, 0.3) is 0 Å². The van der Waals surface area contributed by atoms with Gasteiger partial charge in [0, 0.05) is 5.92 Å². The van der Waals surface area contributed by atoms with Crippen molar-refractivity contribution in [2.24, 2.45) is 5.92 Å². The zero-order valence-corrected chi connectivity index (χ0v) is 11.7. The van der Waals surface area contributed by atoms with Crippen molar-refractivity contribution >= 4 is 11.7 Å². The minimum absolute atomic E-state index is 0.0172. The number of rotatable bonds is 7. The van der Waals surface area contributed by atoms with Crippen LogP contribution >= 0.6 is 0 Å². The molecule has 1 atom stereocenters. The van der Waals surface area contributed by atoms with Crippen molar-refractivity contribution in [2.45, 2.75) is 33.5 Å². The third-order valence-electron chi connectivity index (χ3n) is 2.79. The predicted octanol–water partition coefficient (Wildman–Crippen LogP) is 1.93. The molecule has 0 aromatic heterocycles. The summed E-state index contributed by atoms with van der Waals surface area (Å²) in [6, 6.07) is 9.65. The molecule has 0 heterocycles. The van der Waals surface area contributed by atoms with Crippen molar-refractivity contribution in [1.29, 1.82) is 0 Å². The first-order valence-corrected chi connectivity index (χ1v) is 6.46. The molecule has 0 radical (unpaired) electrons. The first kappa shape index (κ1) is 15.4. The molecule has 1 aromatic rings. The Morgan fingerprint density at radius 1 is 1.16 bits per heavy atom. The topological polar surface area (TPSA) is 55.4 Å². The Labute approximate surface area is 114 Å². The summed E-state index contributed by atoms with van der Waals surface area (Å²) in [5.41, 5.74) is 1.01. The monoisotopic (exact) mass is 263 g/mol. The number of carbonyl (C=O) groups is 2. The highest BCUT2D eigenvalue weighted by molar-refractivity contribution is 5.88. The number of nitrogens with one attached hydrogen (secondary N) is 1. The standard InChI is InChI=1S/C15H21NO3/c1-11(2)14(17)9-16-15(18)12(3)19-10-13-7-5-4-6-8-13/h4-8,11-12H,9-10H2,1-3H3,(H,16,18). The highest BCUT2D eigenvalue weighted by Gasteiger charge is 2.15. The van der Waals surface area contributed by atoms with Gasteiger partial charge in [0.15, 0.2) is 5.78 Å². The van der Waals surface area contributed by atoms with E-state index in [1.165, 1.54) is 0 Å². The molecule has 0 saturated carbocycles. The van der Waals surface area contributed by atoms with Crippen LogP contribution in [0.4, 0.5) is 0 Å². The number of carbonyl (C=O) groups excluding carboxylic acids is 2. The van der Waals surface area contributed by atoms with Crippen molar-refractivity contribution < 1.29 is 14.3 Å². The van der Waals surface area contributed by atoms with E-state index in [1.807, 2.05) is 44.2 Å². The number of Topliss-reactive ketones (excluding diaryl/α,β-unsaturated/α-hetero) is 1.